The lowest BCUT2D eigenvalue weighted by Gasteiger charge is -2.17. The number of anilines is 1. The number of hydrogen-bond donors (Lipinski definition) is 1. The third kappa shape index (κ3) is 4.07. The van der Waals surface area contributed by atoms with Gasteiger partial charge in [0.1, 0.15) is 5.52 Å². The summed E-state index contributed by atoms with van der Waals surface area (Å²) in [6.07, 6.45) is 0. The molecule has 0 aliphatic carbocycles. The van der Waals surface area contributed by atoms with Crippen LogP contribution in [0, 0.1) is 6.92 Å². The van der Waals surface area contributed by atoms with Crippen molar-refractivity contribution in [3.05, 3.63) is 83.9 Å². The zero-order valence-electron chi connectivity index (χ0n) is 16.8. The van der Waals surface area contributed by atoms with Gasteiger partial charge in [0.2, 0.25) is 5.91 Å². The number of likely N-dealkylation sites (N-methyl/N-ethyl adjacent to an activating group) is 1. The SMILES string of the molecule is Cc1ccc(NC(=O)CN(C)C(=O)c2ccc3noc(-c4ccccc4)c3c2)cc1. The van der Waals surface area contributed by atoms with Crippen LogP contribution in [-0.2, 0) is 4.79 Å². The van der Waals surface area contributed by atoms with Crippen LogP contribution in [0.5, 0.6) is 0 Å². The molecular formula is C24H21N3O3. The van der Waals surface area contributed by atoms with E-state index >= 15 is 0 Å². The summed E-state index contributed by atoms with van der Waals surface area (Å²) < 4.78 is 5.50. The van der Waals surface area contributed by atoms with Crippen LogP contribution in [0.15, 0.2) is 77.3 Å². The fourth-order valence-corrected chi connectivity index (χ4v) is 3.22. The van der Waals surface area contributed by atoms with E-state index in [9.17, 15) is 9.59 Å². The summed E-state index contributed by atoms with van der Waals surface area (Å²) in [7, 11) is 1.60. The Hall–Kier alpha value is -3.93. The fraction of sp³-hybridized carbons (Fsp3) is 0.125. The van der Waals surface area contributed by atoms with Gasteiger partial charge in [0.05, 0.1) is 11.9 Å². The smallest absolute Gasteiger partial charge is 0.254 e. The van der Waals surface area contributed by atoms with E-state index in [1.165, 1.54) is 4.90 Å². The largest absolute Gasteiger partial charge is 0.355 e. The van der Waals surface area contributed by atoms with E-state index in [-0.39, 0.29) is 18.4 Å². The first-order chi connectivity index (χ1) is 14.5. The minimum absolute atomic E-state index is 0.0556. The molecule has 0 aliphatic rings. The highest BCUT2D eigenvalue weighted by atomic mass is 16.5. The number of rotatable bonds is 5. The molecule has 6 nitrogen and oxygen atoms in total. The van der Waals surface area contributed by atoms with E-state index in [4.69, 9.17) is 4.52 Å². The summed E-state index contributed by atoms with van der Waals surface area (Å²) in [6, 6.07) is 22.3. The number of aromatic nitrogens is 1. The first-order valence-electron chi connectivity index (χ1n) is 9.58. The summed E-state index contributed by atoms with van der Waals surface area (Å²) >= 11 is 0. The molecule has 0 spiro atoms. The Labute approximate surface area is 174 Å². The van der Waals surface area contributed by atoms with E-state index in [2.05, 4.69) is 10.5 Å². The van der Waals surface area contributed by atoms with Gasteiger partial charge in [0.25, 0.3) is 5.91 Å². The lowest BCUT2D eigenvalue weighted by atomic mass is 10.1. The molecule has 2 amide bonds. The number of amides is 2. The Balaban J connectivity index is 1.50. The molecule has 0 saturated heterocycles. The highest BCUT2D eigenvalue weighted by Gasteiger charge is 2.18. The lowest BCUT2D eigenvalue weighted by molar-refractivity contribution is -0.116. The minimum Gasteiger partial charge on any atom is -0.355 e. The number of hydrogen-bond acceptors (Lipinski definition) is 4. The quantitative estimate of drug-likeness (QED) is 0.536. The number of nitrogens with zero attached hydrogens (tertiary/aromatic N) is 2. The first-order valence-corrected chi connectivity index (χ1v) is 9.58. The second-order valence-corrected chi connectivity index (χ2v) is 7.19. The Morgan fingerprint density at radius 2 is 1.73 bits per heavy atom. The summed E-state index contributed by atoms with van der Waals surface area (Å²) in [5.74, 6) is 0.0990. The summed E-state index contributed by atoms with van der Waals surface area (Å²) in [5, 5.41) is 7.64. The third-order valence-corrected chi connectivity index (χ3v) is 4.82. The molecule has 0 radical (unpaired) electrons. The molecule has 1 aromatic heterocycles. The van der Waals surface area contributed by atoms with Crippen molar-refractivity contribution in [3.8, 4) is 11.3 Å². The second kappa shape index (κ2) is 8.21. The highest BCUT2D eigenvalue weighted by molar-refractivity contribution is 6.03. The maximum Gasteiger partial charge on any atom is 0.254 e. The third-order valence-electron chi connectivity index (χ3n) is 4.82. The van der Waals surface area contributed by atoms with Gasteiger partial charge in [-0.25, -0.2) is 0 Å². The van der Waals surface area contributed by atoms with Crippen LogP contribution >= 0.6 is 0 Å². The molecule has 0 bridgehead atoms. The van der Waals surface area contributed by atoms with Crippen LogP contribution in [0.2, 0.25) is 0 Å². The van der Waals surface area contributed by atoms with Gasteiger partial charge in [-0.15, -0.1) is 0 Å². The van der Waals surface area contributed by atoms with Gasteiger partial charge in [0.15, 0.2) is 5.76 Å². The van der Waals surface area contributed by atoms with Crippen molar-refractivity contribution in [2.75, 3.05) is 18.9 Å². The number of fused-ring (bicyclic) bond motifs is 1. The molecule has 1 heterocycles. The molecule has 0 aliphatic heterocycles. The lowest BCUT2D eigenvalue weighted by Crippen LogP contribution is -2.34. The van der Waals surface area contributed by atoms with Crippen LogP contribution in [0.3, 0.4) is 0 Å². The predicted octanol–water partition coefficient (Wildman–Crippen LogP) is 4.51. The van der Waals surface area contributed by atoms with Crippen LogP contribution in [0.25, 0.3) is 22.2 Å². The average Bonchev–Trinajstić information content (AvgIpc) is 3.18. The number of aryl methyl sites for hydroxylation is 1. The maximum atomic E-state index is 12.9. The van der Waals surface area contributed by atoms with Gasteiger partial charge in [-0.3, -0.25) is 9.59 Å². The fourth-order valence-electron chi connectivity index (χ4n) is 3.22. The van der Waals surface area contributed by atoms with Crippen molar-refractivity contribution in [1.82, 2.24) is 10.1 Å². The average molecular weight is 399 g/mol. The van der Waals surface area contributed by atoms with Crippen molar-refractivity contribution in [2.24, 2.45) is 0 Å². The molecule has 1 N–H and O–H groups in total. The Morgan fingerprint density at radius 3 is 2.47 bits per heavy atom. The number of carbonyl (C=O) groups excluding carboxylic acids is 2. The molecule has 0 unspecified atom stereocenters. The van der Waals surface area contributed by atoms with Crippen LogP contribution in [0.1, 0.15) is 15.9 Å². The number of benzene rings is 3. The molecular weight excluding hydrogens is 378 g/mol. The molecule has 6 heteroatoms. The van der Waals surface area contributed by atoms with Gasteiger partial charge >= 0.3 is 0 Å². The normalized spacial score (nSPS) is 10.7. The minimum atomic E-state index is -0.259. The van der Waals surface area contributed by atoms with Crippen LogP contribution in [-0.4, -0.2) is 35.5 Å². The zero-order valence-corrected chi connectivity index (χ0v) is 16.8. The van der Waals surface area contributed by atoms with Gasteiger partial charge in [-0.2, -0.15) is 0 Å². The van der Waals surface area contributed by atoms with Crippen molar-refractivity contribution in [3.63, 3.8) is 0 Å². The summed E-state index contributed by atoms with van der Waals surface area (Å²) in [5.41, 5.74) is 3.83. The second-order valence-electron chi connectivity index (χ2n) is 7.19. The Morgan fingerprint density at radius 1 is 1.00 bits per heavy atom. The van der Waals surface area contributed by atoms with Crippen molar-refractivity contribution in [2.45, 2.75) is 6.92 Å². The highest BCUT2D eigenvalue weighted by Crippen LogP contribution is 2.29. The zero-order chi connectivity index (χ0) is 21.1. The topological polar surface area (TPSA) is 75.4 Å². The van der Waals surface area contributed by atoms with Crippen LogP contribution < -0.4 is 5.32 Å². The van der Waals surface area contributed by atoms with E-state index in [0.29, 0.717) is 22.5 Å². The Kier molecular flexibility index (Phi) is 5.30. The standard InChI is InChI=1S/C24H21N3O3/c1-16-8-11-19(12-9-16)25-22(28)15-27(2)24(29)18-10-13-21-20(14-18)23(30-26-21)17-6-4-3-5-7-17/h3-14H,15H2,1-2H3,(H,25,28). The van der Waals surface area contributed by atoms with Crippen molar-refractivity contribution >= 4 is 28.4 Å². The van der Waals surface area contributed by atoms with E-state index in [1.807, 2.05) is 61.5 Å². The Bertz CT molecular complexity index is 1200. The molecule has 4 rings (SSSR count). The monoisotopic (exact) mass is 399 g/mol. The summed E-state index contributed by atoms with van der Waals surface area (Å²) in [6.45, 7) is 1.92. The van der Waals surface area contributed by atoms with E-state index < -0.39 is 0 Å². The van der Waals surface area contributed by atoms with Gasteiger partial charge < -0.3 is 14.7 Å². The van der Waals surface area contributed by atoms with Crippen molar-refractivity contribution < 1.29 is 14.1 Å². The van der Waals surface area contributed by atoms with Crippen molar-refractivity contribution in [1.29, 1.82) is 0 Å². The molecule has 150 valence electrons. The van der Waals surface area contributed by atoms with Gasteiger partial charge in [-0.05, 0) is 37.3 Å². The molecule has 30 heavy (non-hydrogen) atoms. The van der Waals surface area contributed by atoms with E-state index in [1.54, 1.807) is 25.2 Å². The molecule has 0 saturated carbocycles. The van der Waals surface area contributed by atoms with Gasteiger partial charge in [-0.1, -0.05) is 53.2 Å². The number of carbonyl (C=O) groups is 2. The van der Waals surface area contributed by atoms with Crippen LogP contribution in [0.4, 0.5) is 5.69 Å². The number of nitrogens with one attached hydrogen (secondary N) is 1. The predicted molar refractivity (Wildman–Crippen MR) is 116 cm³/mol. The molecule has 0 fully saturated rings. The van der Waals surface area contributed by atoms with Gasteiger partial charge in [0, 0.05) is 23.9 Å². The summed E-state index contributed by atoms with van der Waals surface area (Å²) in [4.78, 5) is 26.6. The molecule has 4 aromatic rings. The molecule has 0 atom stereocenters. The first kappa shape index (κ1) is 19.4. The maximum absolute atomic E-state index is 12.9. The molecule has 3 aromatic carbocycles. The van der Waals surface area contributed by atoms with E-state index in [0.717, 1.165) is 16.5 Å².